The van der Waals surface area contributed by atoms with Crippen LogP contribution in [-0.2, 0) is 19.5 Å². The highest BCUT2D eigenvalue weighted by atomic mass is 19.1. The lowest BCUT2D eigenvalue weighted by molar-refractivity contribution is 0.172. The molecule has 2 N–H and O–H groups in total. The summed E-state index contributed by atoms with van der Waals surface area (Å²) in [6.45, 7) is 5.14. The maximum atomic E-state index is 13.3. The fourth-order valence-corrected chi connectivity index (χ4v) is 6.27. The summed E-state index contributed by atoms with van der Waals surface area (Å²) in [5, 5.41) is 31.0. The predicted octanol–water partition coefficient (Wildman–Crippen LogP) is 4.42. The maximum absolute atomic E-state index is 13.3. The zero-order valence-electron chi connectivity index (χ0n) is 25.5. The molecule has 1 saturated heterocycles. The Morgan fingerprint density at radius 3 is 2.11 bits per heavy atom. The SMILES string of the molecule is O=C(NCCCN1CCCC(Cc2ccc(F)cc2)C1)Nc1cc(-c2nnnn2CC2CC2)cc(-c2nnnn2CC2CC2)c1. The number of carbonyl (C=O) groups excluding carboxylic acids is 1. The Kier molecular flexibility index (Phi) is 8.76. The summed E-state index contributed by atoms with van der Waals surface area (Å²) in [5.41, 5.74) is 3.42. The molecule has 1 atom stereocenters. The topological polar surface area (TPSA) is 132 Å². The fraction of sp³-hybridized carbons (Fsp3) is 0.531. The van der Waals surface area contributed by atoms with Crippen LogP contribution < -0.4 is 10.6 Å². The van der Waals surface area contributed by atoms with Crippen LogP contribution in [-0.4, -0.2) is 77.5 Å². The molecule has 1 aliphatic heterocycles. The van der Waals surface area contributed by atoms with Crippen molar-refractivity contribution in [3.8, 4) is 22.8 Å². The molecule has 0 bridgehead atoms. The smallest absolute Gasteiger partial charge is 0.319 e. The van der Waals surface area contributed by atoms with E-state index in [-0.39, 0.29) is 11.8 Å². The van der Waals surface area contributed by atoms with E-state index in [9.17, 15) is 9.18 Å². The Bertz CT molecular complexity index is 1520. The molecular weight excluding hydrogens is 573 g/mol. The van der Waals surface area contributed by atoms with Gasteiger partial charge in [-0.3, -0.25) is 0 Å². The van der Waals surface area contributed by atoms with Crippen molar-refractivity contribution in [2.24, 2.45) is 17.8 Å². The Labute approximate surface area is 261 Å². The number of nitrogens with zero attached hydrogens (tertiary/aromatic N) is 9. The molecule has 13 heteroatoms. The molecule has 1 unspecified atom stereocenters. The molecule has 3 fully saturated rings. The predicted molar refractivity (Wildman–Crippen MR) is 166 cm³/mol. The molecule has 2 saturated carbocycles. The molecule has 0 spiro atoms. The van der Waals surface area contributed by atoms with Crippen LogP contribution in [0.1, 0.15) is 50.5 Å². The normalized spacial score (nSPS) is 18.6. The number of likely N-dealkylation sites (tertiary alicyclic amines) is 1. The number of amides is 2. The van der Waals surface area contributed by atoms with E-state index in [2.05, 4.69) is 46.6 Å². The molecule has 45 heavy (non-hydrogen) atoms. The first kappa shape index (κ1) is 29.5. The molecule has 3 aliphatic rings. The van der Waals surface area contributed by atoms with Crippen LogP contribution in [0.4, 0.5) is 14.9 Å². The van der Waals surface area contributed by atoms with E-state index < -0.39 is 0 Å². The maximum Gasteiger partial charge on any atom is 0.319 e. The molecule has 12 nitrogen and oxygen atoms in total. The summed E-state index contributed by atoms with van der Waals surface area (Å²) in [5.74, 6) is 2.91. The molecule has 2 aliphatic carbocycles. The summed E-state index contributed by atoms with van der Waals surface area (Å²) in [4.78, 5) is 15.5. The van der Waals surface area contributed by atoms with E-state index in [1.54, 1.807) is 12.1 Å². The minimum absolute atomic E-state index is 0.190. The van der Waals surface area contributed by atoms with Gasteiger partial charge in [0.05, 0.1) is 0 Å². The summed E-state index contributed by atoms with van der Waals surface area (Å²) >= 11 is 0. The number of aromatic nitrogens is 8. The van der Waals surface area contributed by atoms with Crippen LogP contribution in [0.2, 0.25) is 0 Å². The van der Waals surface area contributed by atoms with Crippen molar-refractivity contribution in [1.29, 1.82) is 0 Å². The lowest BCUT2D eigenvalue weighted by Crippen LogP contribution is -2.38. The van der Waals surface area contributed by atoms with Crippen LogP contribution >= 0.6 is 0 Å². The van der Waals surface area contributed by atoms with Gasteiger partial charge in [-0.05, 0) is 139 Å². The first-order chi connectivity index (χ1) is 22.1. The van der Waals surface area contributed by atoms with E-state index in [0.29, 0.717) is 41.6 Å². The minimum Gasteiger partial charge on any atom is -0.338 e. The number of halogens is 1. The second kappa shape index (κ2) is 13.4. The number of benzene rings is 2. The van der Waals surface area contributed by atoms with E-state index >= 15 is 0 Å². The Hall–Kier alpha value is -4.26. The van der Waals surface area contributed by atoms with Gasteiger partial charge in [-0.15, -0.1) is 10.2 Å². The lowest BCUT2D eigenvalue weighted by atomic mass is 9.91. The minimum atomic E-state index is -0.263. The van der Waals surface area contributed by atoms with Crippen LogP contribution in [0, 0.1) is 23.6 Å². The largest absolute Gasteiger partial charge is 0.338 e. The molecule has 0 radical (unpaired) electrons. The number of piperidine rings is 1. The van der Waals surface area contributed by atoms with Gasteiger partial charge in [-0.25, -0.2) is 18.5 Å². The molecular formula is C32H40FN11O. The third-order valence-corrected chi connectivity index (χ3v) is 9.00. The lowest BCUT2D eigenvalue weighted by Gasteiger charge is -2.32. The summed E-state index contributed by atoms with van der Waals surface area (Å²) in [7, 11) is 0. The second-order valence-electron chi connectivity index (χ2n) is 12.9. The Morgan fingerprint density at radius 2 is 1.49 bits per heavy atom. The monoisotopic (exact) mass is 613 g/mol. The van der Waals surface area contributed by atoms with Gasteiger partial charge in [0.15, 0.2) is 11.6 Å². The Balaban J connectivity index is 0.971. The zero-order valence-corrected chi connectivity index (χ0v) is 25.5. The van der Waals surface area contributed by atoms with E-state index in [1.807, 2.05) is 39.7 Å². The molecule has 2 aromatic carbocycles. The van der Waals surface area contributed by atoms with Crippen LogP contribution in [0.25, 0.3) is 22.8 Å². The van der Waals surface area contributed by atoms with Crippen molar-refractivity contribution >= 4 is 11.7 Å². The van der Waals surface area contributed by atoms with Crippen LogP contribution in [0.15, 0.2) is 42.5 Å². The third-order valence-electron chi connectivity index (χ3n) is 9.00. The van der Waals surface area contributed by atoms with Crippen molar-refractivity contribution in [2.75, 3.05) is 31.5 Å². The van der Waals surface area contributed by atoms with Gasteiger partial charge in [-0.1, -0.05) is 12.1 Å². The fourth-order valence-electron chi connectivity index (χ4n) is 6.27. The second-order valence-corrected chi connectivity index (χ2v) is 12.9. The van der Waals surface area contributed by atoms with Crippen LogP contribution in [0.3, 0.4) is 0 Å². The summed E-state index contributed by atoms with van der Waals surface area (Å²) in [6, 6.07) is 12.4. The van der Waals surface area contributed by atoms with Gasteiger partial charge in [0.2, 0.25) is 0 Å². The van der Waals surface area contributed by atoms with Gasteiger partial charge in [-0.2, -0.15) is 0 Å². The number of carbonyl (C=O) groups is 1. The molecule has 2 amide bonds. The average molecular weight is 614 g/mol. The van der Waals surface area contributed by atoms with Gasteiger partial charge >= 0.3 is 6.03 Å². The molecule has 4 aromatic rings. The van der Waals surface area contributed by atoms with Gasteiger partial charge in [0, 0.05) is 43.0 Å². The highest BCUT2D eigenvalue weighted by molar-refractivity contribution is 5.91. The molecule has 7 rings (SSSR count). The number of anilines is 1. The highest BCUT2D eigenvalue weighted by Gasteiger charge is 2.26. The van der Waals surface area contributed by atoms with Gasteiger partial charge in [0.25, 0.3) is 0 Å². The van der Waals surface area contributed by atoms with Crippen molar-refractivity contribution in [3.05, 3.63) is 53.8 Å². The first-order valence-electron chi connectivity index (χ1n) is 16.3. The number of urea groups is 1. The number of nitrogens with one attached hydrogen (secondary N) is 2. The van der Waals surface area contributed by atoms with Crippen molar-refractivity contribution in [3.63, 3.8) is 0 Å². The molecule has 2 aromatic heterocycles. The average Bonchev–Trinajstić information content (AvgIpc) is 3.94. The third kappa shape index (κ3) is 7.88. The van der Waals surface area contributed by atoms with E-state index in [0.717, 1.165) is 63.1 Å². The van der Waals surface area contributed by atoms with Crippen molar-refractivity contribution < 1.29 is 9.18 Å². The summed E-state index contributed by atoms with van der Waals surface area (Å²) < 4.78 is 17.0. The van der Waals surface area contributed by atoms with Gasteiger partial charge < -0.3 is 15.5 Å². The number of hydrogen-bond donors (Lipinski definition) is 2. The standard InChI is InChI=1S/C32H40FN11O/c33-28-10-8-22(9-11-28)15-25-3-1-13-42(19-25)14-2-12-34-32(45)35-29-17-26(30-36-38-40-43(30)20-23-4-5-23)16-27(18-29)31-37-39-41-44(31)21-24-6-7-24/h8-11,16-18,23-25H,1-7,12-15,19-21H2,(H2,34,35,45). The van der Waals surface area contributed by atoms with E-state index in [4.69, 9.17) is 0 Å². The number of hydrogen-bond acceptors (Lipinski definition) is 8. The quantitative estimate of drug-likeness (QED) is 0.212. The molecule has 236 valence electrons. The molecule has 3 heterocycles. The zero-order chi connectivity index (χ0) is 30.6. The number of tetrazole rings is 2. The first-order valence-corrected chi connectivity index (χ1v) is 16.3. The van der Waals surface area contributed by atoms with Crippen molar-refractivity contribution in [1.82, 2.24) is 50.6 Å². The highest BCUT2D eigenvalue weighted by Crippen LogP contribution is 2.34. The van der Waals surface area contributed by atoms with E-state index in [1.165, 1.54) is 37.7 Å². The van der Waals surface area contributed by atoms with Crippen LogP contribution in [0.5, 0.6) is 0 Å². The number of rotatable bonds is 13. The summed E-state index contributed by atoms with van der Waals surface area (Å²) in [6.07, 6.45) is 8.94. The van der Waals surface area contributed by atoms with Crippen molar-refractivity contribution in [2.45, 2.75) is 64.5 Å². The Morgan fingerprint density at radius 1 is 0.844 bits per heavy atom. The van der Waals surface area contributed by atoms with Gasteiger partial charge in [0.1, 0.15) is 5.82 Å².